The number of carbonyl (C=O) groups excluding carboxylic acids is 1. The van der Waals surface area contributed by atoms with Gasteiger partial charge in [-0.1, -0.05) is 35.9 Å². The van der Waals surface area contributed by atoms with E-state index in [1.165, 1.54) is 22.8 Å². The molecular formula is C22H21IO6S. The zero-order valence-electron chi connectivity index (χ0n) is 16.7. The van der Waals surface area contributed by atoms with Gasteiger partial charge in [-0.2, -0.15) is 0 Å². The van der Waals surface area contributed by atoms with Gasteiger partial charge in [0, 0.05) is 6.07 Å². The Labute approximate surface area is 186 Å². The molecule has 0 unspecified atom stereocenters. The number of esters is 1. The molecule has 0 saturated carbocycles. The van der Waals surface area contributed by atoms with Gasteiger partial charge in [0.15, 0.2) is 7.14 Å². The van der Waals surface area contributed by atoms with E-state index in [0.717, 1.165) is 9.13 Å². The van der Waals surface area contributed by atoms with Gasteiger partial charge >= 0.3 is 27.2 Å². The minimum absolute atomic E-state index is 0.178. The van der Waals surface area contributed by atoms with E-state index >= 15 is 0 Å². The maximum atomic E-state index is 11.7. The van der Waals surface area contributed by atoms with Crippen molar-refractivity contribution in [3.05, 3.63) is 91.1 Å². The number of hydrogen-bond acceptors (Lipinski definition) is 6. The molecule has 6 nitrogen and oxygen atoms in total. The normalized spacial score (nSPS) is 10.5. The number of halogens is 1. The van der Waals surface area contributed by atoms with Crippen molar-refractivity contribution in [2.75, 3.05) is 14.2 Å². The zero-order valence-corrected chi connectivity index (χ0v) is 19.6. The van der Waals surface area contributed by atoms with Crippen LogP contribution in [0.25, 0.3) is 0 Å². The number of benzene rings is 3. The summed E-state index contributed by atoms with van der Waals surface area (Å²) in [4.78, 5) is 11.5. The average molecular weight is 540 g/mol. The lowest BCUT2D eigenvalue weighted by atomic mass is 10.2. The van der Waals surface area contributed by atoms with Gasteiger partial charge in [0.05, 0.1) is 19.1 Å². The lowest BCUT2D eigenvalue weighted by Crippen LogP contribution is -3.61. The van der Waals surface area contributed by atoms with Gasteiger partial charge in [-0.15, -0.1) is 0 Å². The molecule has 0 bridgehead atoms. The van der Waals surface area contributed by atoms with Gasteiger partial charge in [-0.3, -0.25) is 0 Å². The predicted octanol–water partition coefficient (Wildman–Crippen LogP) is 0.509. The van der Waals surface area contributed by atoms with E-state index < -0.39 is 10.1 Å². The largest absolute Gasteiger partial charge is 0.744 e. The standard InChI is InChI=1S/C15H14IO3.C7H8O3S/c1-18-14-9-8-12(10-13(14)15(17)19-2)16-11-6-4-3-5-7-11;1-6-2-4-7(5-3-6)11(8,9)10/h3-10H,1-2H3;2-5H,1H3,(H,8,9,10)/q+1;/p-1. The van der Waals surface area contributed by atoms with Crippen molar-refractivity contribution in [2.24, 2.45) is 0 Å². The summed E-state index contributed by atoms with van der Waals surface area (Å²) in [7, 11) is -1.34. The van der Waals surface area contributed by atoms with Crippen molar-refractivity contribution in [1.29, 1.82) is 0 Å². The first kappa shape index (κ1) is 23.8. The summed E-state index contributed by atoms with van der Waals surface area (Å²) < 4.78 is 43.6. The van der Waals surface area contributed by atoms with Gasteiger partial charge in [-0.25, -0.2) is 13.2 Å². The average Bonchev–Trinajstić information content (AvgIpc) is 2.74. The quantitative estimate of drug-likeness (QED) is 0.266. The van der Waals surface area contributed by atoms with Crippen LogP contribution in [0.15, 0.2) is 77.7 Å². The molecule has 0 aliphatic carbocycles. The third-order valence-electron chi connectivity index (χ3n) is 3.83. The summed E-state index contributed by atoms with van der Waals surface area (Å²) in [6, 6.07) is 21.7. The fourth-order valence-corrected chi connectivity index (χ4v) is 5.11. The Kier molecular flexibility index (Phi) is 8.82. The first-order valence-corrected chi connectivity index (χ1v) is 12.3. The smallest absolute Gasteiger partial charge is 0.357 e. The van der Waals surface area contributed by atoms with Crippen LogP contribution in [0.4, 0.5) is 0 Å². The highest BCUT2D eigenvalue weighted by atomic mass is 127. The molecule has 3 aromatic rings. The van der Waals surface area contributed by atoms with Crippen molar-refractivity contribution in [3.63, 3.8) is 0 Å². The van der Waals surface area contributed by atoms with E-state index in [0.29, 0.717) is 11.3 Å². The molecule has 0 radical (unpaired) electrons. The second-order valence-electron chi connectivity index (χ2n) is 5.99. The molecule has 0 fully saturated rings. The Balaban J connectivity index is 0.000000248. The minimum Gasteiger partial charge on any atom is -0.744 e. The van der Waals surface area contributed by atoms with Crippen LogP contribution in [0.5, 0.6) is 5.75 Å². The van der Waals surface area contributed by atoms with Crippen LogP contribution in [0, 0.1) is 14.1 Å². The third-order valence-corrected chi connectivity index (χ3v) is 7.31. The summed E-state index contributed by atoms with van der Waals surface area (Å²) in [5.41, 5.74) is 1.41. The number of methoxy groups -OCH3 is 2. The Morgan fingerprint density at radius 1 is 0.900 bits per heavy atom. The molecule has 0 amide bonds. The van der Waals surface area contributed by atoms with Crippen LogP contribution >= 0.6 is 0 Å². The molecule has 0 aliphatic heterocycles. The molecule has 0 heterocycles. The third kappa shape index (κ3) is 7.12. The second kappa shape index (κ2) is 11.1. The number of carbonyl (C=O) groups is 1. The van der Waals surface area contributed by atoms with Gasteiger partial charge < -0.3 is 14.0 Å². The van der Waals surface area contributed by atoms with E-state index in [9.17, 15) is 17.8 Å². The summed E-state index contributed by atoms with van der Waals surface area (Å²) >= 11 is -0.300. The number of ether oxygens (including phenoxy) is 2. The van der Waals surface area contributed by atoms with Crippen LogP contribution in [-0.2, 0) is 14.9 Å². The fourth-order valence-electron chi connectivity index (χ4n) is 2.32. The Hall–Kier alpha value is -2.43. The maximum Gasteiger partial charge on any atom is 0.357 e. The molecule has 3 aromatic carbocycles. The predicted molar refractivity (Wildman–Crippen MR) is 107 cm³/mol. The van der Waals surface area contributed by atoms with E-state index in [-0.39, 0.29) is 32.1 Å². The van der Waals surface area contributed by atoms with Gasteiger partial charge in [0.1, 0.15) is 21.4 Å². The van der Waals surface area contributed by atoms with Crippen LogP contribution in [-0.4, -0.2) is 33.2 Å². The van der Waals surface area contributed by atoms with Crippen LogP contribution in [0.2, 0.25) is 0 Å². The molecule has 0 atom stereocenters. The van der Waals surface area contributed by atoms with E-state index in [1.807, 2.05) is 43.3 Å². The SMILES string of the molecule is COC(=O)c1cc([I+]c2ccccc2)ccc1OC.Cc1ccc(S(=O)(=O)[O-])cc1. The minimum atomic E-state index is -4.27. The topological polar surface area (TPSA) is 92.7 Å². The number of rotatable bonds is 5. The lowest BCUT2D eigenvalue weighted by Gasteiger charge is -2.05. The molecule has 0 N–H and O–H groups in total. The number of aryl methyl sites for hydroxylation is 1. The summed E-state index contributed by atoms with van der Waals surface area (Å²) in [5, 5.41) is 0. The van der Waals surface area contributed by atoms with Crippen molar-refractivity contribution in [2.45, 2.75) is 11.8 Å². The molecule has 3 rings (SSSR count). The Morgan fingerprint density at radius 2 is 1.53 bits per heavy atom. The number of hydrogen-bond donors (Lipinski definition) is 0. The molecule has 0 saturated heterocycles. The van der Waals surface area contributed by atoms with Crippen LogP contribution in [0.3, 0.4) is 0 Å². The molecule has 30 heavy (non-hydrogen) atoms. The first-order chi connectivity index (χ1) is 14.2. The van der Waals surface area contributed by atoms with Crippen molar-refractivity contribution in [3.8, 4) is 5.75 Å². The van der Waals surface area contributed by atoms with Crippen molar-refractivity contribution >= 4 is 16.1 Å². The van der Waals surface area contributed by atoms with Crippen LogP contribution in [0.1, 0.15) is 15.9 Å². The van der Waals surface area contributed by atoms with E-state index in [4.69, 9.17) is 9.47 Å². The fraction of sp³-hybridized carbons (Fsp3) is 0.136. The van der Waals surface area contributed by atoms with E-state index in [2.05, 4.69) is 12.1 Å². The molecule has 8 heteroatoms. The summed E-state index contributed by atoms with van der Waals surface area (Å²) in [6.07, 6.45) is 0. The second-order valence-corrected chi connectivity index (χ2v) is 10.4. The summed E-state index contributed by atoms with van der Waals surface area (Å²) in [5.74, 6) is 0.184. The molecule has 0 spiro atoms. The maximum absolute atomic E-state index is 11.7. The van der Waals surface area contributed by atoms with E-state index in [1.54, 1.807) is 19.2 Å². The van der Waals surface area contributed by atoms with Gasteiger partial charge in [0.25, 0.3) is 0 Å². The first-order valence-electron chi connectivity index (χ1n) is 8.73. The van der Waals surface area contributed by atoms with Crippen molar-refractivity contribution < 1.29 is 48.4 Å². The zero-order chi connectivity index (χ0) is 22.1. The Bertz CT molecular complexity index is 1080. The van der Waals surface area contributed by atoms with Gasteiger partial charge in [-0.05, 0) is 43.3 Å². The highest BCUT2D eigenvalue weighted by molar-refractivity contribution is 7.85. The highest BCUT2D eigenvalue weighted by Gasteiger charge is 2.20. The summed E-state index contributed by atoms with van der Waals surface area (Å²) in [6.45, 7) is 1.82. The Morgan fingerprint density at radius 3 is 2.07 bits per heavy atom. The molecule has 0 aliphatic rings. The van der Waals surface area contributed by atoms with Crippen LogP contribution < -0.4 is 25.9 Å². The van der Waals surface area contributed by atoms with Crippen molar-refractivity contribution in [1.82, 2.24) is 0 Å². The highest BCUT2D eigenvalue weighted by Crippen LogP contribution is 2.17. The molecule has 158 valence electrons. The monoisotopic (exact) mass is 540 g/mol. The molecular weight excluding hydrogens is 519 g/mol. The van der Waals surface area contributed by atoms with Gasteiger partial charge in [0.2, 0.25) is 0 Å². The lowest BCUT2D eigenvalue weighted by molar-refractivity contribution is -0.597. The molecule has 0 aromatic heterocycles.